The van der Waals surface area contributed by atoms with Gasteiger partial charge in [-0.1, -0.05) is 12.1 Å². The van der Waals surface area contributed by atoms with Crippen LogP contribution in [0.4, 0.5) is 0 Å². The fraction of sp³-hybridized carbons (Fsp3) is 0.250. The topological polar surface area (TPSA) is 23.8 Å². The van der Waals surface area contributed by atoms with Crippen molar-refractivity contribution >= 4 is 21.4 Å². The monoisotopic (exact) mass is 201 g/mol. The summed E-state index contributed by atoms with van der Waals surface area (Å²) in [7, 11) is 0. The molecule has 2 rings (SSSR count). The number of fused-ring (bicyclic) bond motifs is 1. The van der Waals surface area contributed by atoms with Crippen molar-refractivity contribution in [3.63, 3.8) is 0 Å². The van der Waals surface area contributed by atoms with Crippen LogP contribution >= 0.6 is 11.3 Å². The molecule has 1 heterocycles. The van der Waals surface area contributed by atoms with Gasteiger partial charge < -0.3 is 0 Å². The van der Waals surface area contributed by atoms with Crippen LogP contribution in [-0.2, 0) is 6.42 Å². The summed E-state index contributed by atoms with van der Waals surface area (Å²) in [6, 6.07) is 6.38. The summed E-state index contributed by atoms with van der Waals surface area (Å²) in [5.41, 5.74) is 3.79. The van der Waals surface area contributed by atoms with Gasteiger partial charge in [-0.3, -0.25) is 0 Å². The molecule has 0 aliphatic carbocycles. The molecule has 1 nitrogen and oxygen atoms in total. The van der Waals surface area contributed by atoms with Gasteiger partial charge in [0.1, 0.15) is 0 Å². The van der Waals surface area contributed by atoms with E-state index in [-0.39, 0.29) is 0 Å². The highest BCUT2D eigenvalue weighted by Gasteiger charge is 2.07. The summed E-state index contributed by atoms with van der Waals surface area (Å²) in [5.74, 6) is 0. The molecule has 0 amide bonds. The summed E-state index contributed by atoms with van der Waals surface area (Å²) in [4.78, 5) is 0. The Bertz CT molecular complexity index is 517. The van der Waals surface area contributed by atoms with E-state index in [1.165, 1.54) is 21.2 Å². The molecule has 14 heavy (non-hydrogen) atoms. The van der Waals surface area contributed by atoms with Gasteiger partial charge in [-0.05, 0) is 41.3 Å². The van der Waals surface area contributed by atoms with Gasteiger partial charge in [0.05, 0.1) is 12.5 Å². The largest absolute Gasteiger partial charge is 0.198 e. The van der Waals surface area contributed by atoms with Crippen molar-refractivity contribution in [1.82, 2.24) is 0 Å². The van der Waals surface area contributed by atoms with Gasteiger partial charge in [0.15, 0.2) is 0 Å². The first-order valence-corrected chi connectivity index (χ1v) is 5.45. The van der Waals surface area contributed by atoms with Crippen molar-refractivity contribution in [2.24, 2.45) is 0 Å². The van der Waals surface area contributed by atoms with E-state index in [9.17, 15) is 0 Å². The van der Waals surface area contributed by atoms with E-state index in [1.54, 1.807) is 11.3 Å². The van der Waals surface area contributed by atoms with Gasteiger partial charge in [0.25, 0.3) is 0 Å². The van der Waals surface area contributed by atoms with E-state index in [2.05, 4.69) is 37.4 Å². The van der Waals surface area contributed by atoms with Crippen LogP contribution in [0.5, 0.6) is 0 Å². The number of benzene rings is 1. The van der Waals surface area contributed by atoms with Crippen LogP contribution in [0.3, 0.4) is 0 Å². The van der Waals surface area contributed by atoms with Crippen LogP contribution in [0, 0.1) is 25.2 Å². The zero-order chi connectivity index (χ0) is 10.1. The minimum absolute atomic E-state index is 0.511. The van der Waals surface area contributed by atoms with Gasteiger partial charge in [0.2, 0.25) is 0 Å². The van der Waals surface area contributed by atoms with Crippen LogP contribution in [0.25, 0.3) is 10.1 Å². The molecule has 1 aromatic carbocycles. The van der Waals surface area contributed by atoms with E-state index in [0.717, 1.165) is 5.56 Å². The Morgan fingerprint density at radius 3 is 2.79 bits per heavy atom. The Hall–Kier alpha value is -1.33. The van der Waals surface area contributed by atoms with Crippen molar-refractivity contribution in [2.45, 2.75) is 20.3 Å². The first-order valence-electron chi connectivity index (χ1n) is 4.57. The van der Waals surface area contributed by atoms with Crippen LogP contribution in [0.15, 0.2) is 17.5 Å². The van der Waals surface area contributed by atoms with Crippen LogP contribution in [0.1, 0.15) is 16.7 Å². The fourth-order valence-electron chi connectivity index (χ4n) is 1.78. The van der Waals surface area contributed by atoms with Gasteiger partial charge in [-0.2, -0.15) is 5.26 Å². The minimum Gasteiger partial charge on any atom is -0.198 e. The van der Waals surface area contributed by atoms with Crippen molar-refractivity contribution in [3.8, 4) is 6.07 Å². The highest BCUT2D eigenvalue weighted by atomic mass is 32.1. The predicted molar refractivity (Wildman–Crippen MR) is 60.6 cm³/mol. The average Bonchev–Trinajstić information content (AvgIpc) is 2.54. The molecule has 0 atom stereocenters. The third kappa shape index (κ3) is 1.30. The standard InChI is InChI=1S/C12H11NS/c1-8-3-4-10(5-6-13)12-11(8)9(2)7-14-12/h3-4,7H,5H2,1-2H3. The number of rotatable bonds is 1. The molecule has 0 spiro atoms. The molecule has 0 aliphatic heterocycles. The van der Waals surface area contributed by atoms with Crippen LogP contribution in [0.2, 0.25) is 0 Å². The minimum atomic E-state index is 0.511. The molecule has 0 aliphatic rings. The number of nitriles is 1. The Kier molecular flexibility index (Phi) is 2.26. The van der Waals surface area contributed by atoms with Crippen molar-refractivity contribution in [1.29, 1.82) is 5.26 Å². The van der Waals surface area contributed by atoms with Crippen molar-refractivity contribution < 1.29 is 0 Å². The zero-order valence-electron chi connectivity index (χ0n) is 8.29. The first-order chi connectivity index (χ1) is 6.74. The Morgan fingerprint density at radius 2 is 2.07 bits per heavy atom. The van der Waals surface area contributed by atoms with E-state index < -0.39 is 0 Å². The lowest BCUT2D eigenvalue weighted by Crippen LogP contribution is -1.84. The fourth-order valence-corrected chi connectivity index (χ4v) is 2.92. The molecule has 70 valence electrons. The SMILES string of the molecule is Cc1ccc(CC#N)c2scc(C)c12. The molecular formula is C12H11NS. The molecule has 0 radical (unpaired) electrons. The van der Waals surface area contributed by atoms with E-state index >= 15 is 0 Å². The zero-order valence-corrected chi connectivity index (χ0v) is 9.11. The second-order valence-corrected chi connectivity index (χ2v) is 4.38. The molecule has 2 heteroatoms. The summed E-state index contributed by atoms with van der Waals surface area (Å²) in [6.45, 7) is 4.25. The van der Waals surface area contributed by atoms with Gasteiger partial charge in [0, 0.05) is 4.70 Å². The summed E-state index contributed by atoms with van der Waals surface area (Å²) >= 11 is 1.74. The smallest absolute Gasteiger partial charge is 0.0670 e. The molecule has 0 saturated heterocycles. The summed E-state index contributed by atoms with van der Waals surface area (Å²) in [5, 5.41) is 12.2. The van der Waals surface area contributed by atoms with E-state index in [0.29, 0.717) is 6.42 Å². The van der Waals surface area contributed by atoms with E-state index in [1.807, 2.05) is 0 Å². The Balaban J connectivity index is 2.78. The lowest BCUT2D eigenvalue weighted by Gasteiger charge is -2.01. The molecule has 0 unspecified atom stereocenters. The highest BCUT2D eigenvalue weighted by molar-refractivity contribution is 7.17. The number of thiophene rings is 1. The molecule has 0 N–H and O–H groups in total. The molecule has 0 fully saturated rings. The number of nitrogens with zero attached hydrogens (tertiary/aromatic N) is 1. The third-order valence-corrected chi connectivity index (χ3v) is 3.64. The van der Waals surface area contributed by atoms with Crippen LogP contribution in [-0.4, -0.2) is 0 Å². The number of aryl methyl sites for hydroxylation is 2. The summed E-state index contributed by atoms with van der Waals surface area (Å²) < 4.78 is 1.28. The lowest BCUT2D eigenvalue weighted by atomic mass is 10.0. The average molecular weight is 201 g/mol. The van der Waals surface area contributed by atoms with Crippen molar-refractivity contribution in [3.05, 3.63) is 34.2 Å². The van der Waals surface area contributed by atoms with Gasteiger partial charge in [-0.25, -0.2) is 0 Å². The molecular weight excluding hydrogens is 190 g/mol. The number of hydrogen-bond donors (Lipinski definition) is 0. The van der Waals surface area contributed by atoms with Crippen molar-refractivity contribution in [2.75, 3.05) is 0 Å². The second-order valence-electron chi connectivity index (χ2n) is 3.50. The van der Waals surface area contributed by atoms with Gasteiger partial charge >= 0.3 is 0 Å². The van der Waals surface area contributed by atoms with E-state index in [4.69, 9.17) is 5.26 Å². The molecule has 0 bridgehead atoms. The summed E-state index contributed by atoms with van der Waals surface area (Å²) in [6.07, 6.45) is 0.511. The van der Waals surface area contributed by atoms with Gasteiger partial charge in [-0.15, -0.1) is 11.3 Å². The quantitative estimate of drug-likeness (QED) is 0.691. The molecule has 0 saturated carbocycles. The number of hydrogen-bond acceptors (Lipinski definition) is 2. The predicted octanol–water partition coefficient (Wildman–Crippen LogP) is 3.58. The molecule has 2 aromatic rings. The van der Waals surface area contributed by atoms with Crippen LogP contribution < -0.4 is 0 Å². The second kappa shape index (κ2) is 3.43. The lowest BCUT2D eigenvalue weighted by molar-refractivity contribution is 1.29. The Labute approximate surface area is 87.6 Å². The maximum absolute atomic E-state index is 8.71. The third-order valence-electron chi connectivity index (χ3n) is 2.46. The normalized spacial score (nSPS) is 10.4. The highest BCUT2D eigenvalue weighted by Crippen LogP contribution is 2.31. The maximum Gasteiger partial charge on any atom is 0.0670 e. The Morgan fingerprint density at radius 1 is 1.29 bits per heavy atom. The first kappa shape index (κ1) is 9.23. The maximum atomic E-state index is 8.71. The molecule has 1 aromatic heterocycles.